The minimum atomic E-state index is -0.440. The highest BCUT2D eigenvalue weighted by Crippen LogP contribution is 2.56. The molecule has 0 saturated carbocycles. The van der Waals surface area contributed by atoms with Crippen LogP contribution in [0.25, 0.3) is 87.7 Å². The number of hydrogen-bond acceptors (Lipinski definition) is 4. The molecule has 0 unspecified atom stereocenters. The SMILES string of the molecule is c1ccc(-c2nc(-c3ccccc3)nc(-c3cccc(-c4cccc(-c5ccc6sc7ccc(C8(c9ccccc9)c9ccccc9-c9ccccc98)cc7c6c5)c4)c3)n2)cc1. The maximum atomic E-state index is 5.00. The summed E-state index contributed by atoms with van der Waals surface area (Å²) >= 11 is 1.86. The van der Waals surface area contributed by atoms with Gasteiger partial charge in [-0.05, 0) is 92.0 Å². The fourth-order valence-electron chi connectivity index (χ4n) is 9.56. The van der Waals surface area contributed by atoms with Gasteiger partial charge in [-0.15, -0.1) is 11.3 Å². The summed E-state index contributed by atoms with van der Waals surface area (Å²) in [5.41, 5.74) is 14.8. The lowest BCUT2D eigenvalue weighted by Gasteiger charge is -2.34. The van der Waals surface area contributed by atoms with E-state index in [0.29, 0.717) is 17.5 Å². The topological polar surface area (TPSA) is 38.7 Å². The van der Waals surface area contributed by atoms with Gasteiger partial charge in [-0.2, -0.15) is 0 Å². The van der Waals surface area contributed by atoms with Crippen molar-refractivity contribution in [1.29, 1.82) is 0 Å². The highest BCUT2D eigenvalue weighted by atomic mass is 32.1. The molecular formula is C58H37N3S. The number of thiophene rings is 1. The zero-order valence-electron chi connectivity index (χ0n) is 33.6. The molecule has 0 spiro atoms. The van der Waals surface area contributed by atoms with Crippen LogP contribution < -0.4 is 0 Å². The Morgan fingerprint density at radius 3 is 1.29 bits per heavy atom. The van der Waals surface area contributed by atoms with E-state index >= 15 is 0 Å². The van der Waals surface area contributed by atoms with Gasteiger partial charge < -0.3 is 0 Å². The van der Waals surface area contributed by atoms with E-state index in [2.05, 4.69) is 164 Å². The first kappa shape index (κ1) is 36.1. The second-order valence-corrected chi connectivity index (χ2v) is 17.0. The van der Waals surface area contributed by atoms with Gasteiger partial charge >= 0.3 is 0 Å². The predicted molar refractivity (Wildman–Crippen MR) is 257 cm³/mol. The van der Waals surface area contributed by atoms with E-state index in [4.69, 9.17) is 15.0 Å². The fourth-order valence-corrected chi connectivity index (χ4v) is 10.6. The molecule has 12 rings (SSSR count). The van der Waals surface area contributed by atoms with Crippen molar-refractivity contribution in [3.05, 3.63) is 247 Å². The number of aromatic nitrogens is 3. The summed E-state index contributed by atoms with van der Waals surface area (Å²) in [4.78, 5) is 14.9. The standard InChI is InChI=1S/C58H37N3S/c1-4-16-38(17-5-1)55-59-56(39-18-6-2-7-19-39)61-57(60-55)44-23-15-22-42(35-44)40-20-14-21-41(34-40)43-30-32-53-49(36-43)50-37-46(31-33-54(50)62-53)58(45-24-8-3-9-25-45)51-28-12-10-26-47(51)48-27-11-13-29-52(48)58/h1-37H. The zero-order chi connectivity index (χ0) is 41.0. The average molecular weight is 808 g/mol. The van der Waals surface area contributed by atoms with Crippen LogP contribution in [0.5, 0.6) is 0 Å². The molecule has 62 heavy (non-hydrogen) atoms. The fraction of sp³-hybridized carbons (Fsp3) is 0.0172. The predicted octanol–water partition coefficient (Wildman–Crippen LogP) is 14.9. The number of hydrogen-bond donors (Lipinski definition) is 0. The van der Waals surface area contributed by atoms with Crippen molar-refractivity contribution in [1.82, 2.24) is 15.0 Å². The van der Waals surface area contributed by atoms with Crippen LogP contribution in [-0.4, -0.2) is 15.0 Å². The highest BCUT2D eigenvalue weighted by Gasteiger charge is 2.46. The summed E-state index contributed by atoms with van der Waals surface area (Å²) in [7, 11) is 0. The maximum absolute atomic E-state index is 5.00. The Morgan fingerprint density at radius 1 is 0.290 bits per heavy atom. The van der Waals surface area contributed by atoms with Crippen molar-refractivity contribution in [2.75, 3.05) is 0 Å². The van der Waals surface area contributed by atoms with Gasteiger partial charge in [0.05, 0.1) is 5.41 Å². The summed E-state index contributed by atoms with van der Waals surface area (Å²) in [5, 5.41) is 2.56. The Morgan fingerprint density at radius 2 is 0.710 bits per heavy atom. The lowest BCUT2D eigenvalue weighted by molar-refractivity contribution is 0.770. The Balaban J connectivity index is 0.952. The normalized spacial score (nSPS) is 12.6. The van der Waals surface area contributed by atoms with Gasteiger partial charge in [-0.25, -0.2) is 15.0 Å². The van der Waals surface area contributed by atoms with E-state index in [0.717, 1.165) is 27.8 Å². The molecule has 0 saturated heterocycles. The summed E-state index contributed by atoms with van der Waals surface area (Å²) in [6.07, 6.45) is 0. The van der Waals surface area contributed by atoms with Crippen molar-refractivity contribution >= 4 is 31.5 Å². The van der Waals surface area contributed by atoms with Gasteiger partial charge in [0.15, 0.2) is 17.5 Å². The lowest BCUT2D eigenvalue weighted by Crippen LogP contribution is -2.28. The summed E-state index contributed by atoms with van der Waals surface area (Å²) in [5.74, 6) is 1.94. The van der Waals surface area contributed by atoms with Gasteiger partial charge in [0, 0.05) is 36.9 Å². The number of benzene rings is 9. The molecule has 2 heterocycles. The summed E-state index contributed by atoms with van der Waals surface area (Å²) in [6.45, 7) is 0. The summed E-state index contributed by atoms with van der Waals surface area (Å²) < 4.78 is 2.58. The van der Waals surface area contributed by atoms with Gasteiger partial charge in [-0.1, -0.05) is 188 Å². The van der Waals surface area contributed by atoms with E-state index < -0.39 is 5.41 Å². The lowest BCUT2D eigenvalue weighted by atomic mass is 9.67. The number of fused-ring (bicyclic) bond motifs is 6. The molecule has 0 N–H and O–H groups in total. The van der Waals surface area contributed by atoms with Crippen LogP contribution in [0.4, 0.5) is 0 Å². The minimum Gasteiger partial charge on any atom is -0.208 e. The molecule has 0 atom stereocenters. The average Bonchev–Trinajstić information content (AvgIpc) is 3.88. The Bertz CT molecular complexity index is 3360. The third-order valence-corrected chi connectivity index (χ3v) is 13.6. The first-order valence-corrected chi connectivity index (χ1v) is 21.8. The Hall–Kier alpha value is -7.79. The van der Waals surface area contributed by atoms with E-state index in [9.17, 15) is 0 Å². The maximum Gasteiger partial charge on any atom is 0.164 e. The zero-order valence-corrected chi connectivity index (χ0v) is 34.4. The Labute approximate surface area is 364 Å². The molecule has 0 aliphatic heterocycles. The number of rotatable bonds is 7. The molecule has 11 aromatic rings. The van der Waals surface area contributed by atoms with Crippen molar-refractivity contribution in [3.8, 4) is 67.5 Å². The first-order chi connectivity index (χ1) is 30.7. The minimum absolute atomic E-state index is 0.440. The third-order valence-electron chi connectivity index (χ3n) is 12.4. The van der Waals surface area contributed by atoms with Crippen LogP contribution in [0, 0.1) is 0 Å². The van der Waals surface area contributed by atoms with Gasteiger partial charge in [-0.3, -0.25) is 0 Å². The van der Waals surface area contributed by atoms with E-state index in [-0.39, 0.29) is 0 Å². The molecule has 1 aliphatic rings. The van der Waals surface area contributed by atoms with Crippen molar-refractivity contribution in [3.63, 3.8) is 0 Å². The van der Waals surface area contributed by atoms with E-state index in [1.807, 2.05) is 72.0 Å². The molecule has 0 bridgehead atoms. The molecule has 4 heteroatoms. The monoisotopic (exact) mass is 807 g/mol. The van der Waals surface area contributed by atoms with Gasteiger partial charge in [0.1, 0.15) is 0 Å². The van der Waals surface area contributed by atoms with Crippen LogP contribution in [0.3, 0.4) is 0 Å². The van der Waals surface area contributed by atoms with Crippen LogP contribution in [0.2, 0.25) is 0 Å². The van der Waals surface area contributed by atoms with Crippen LogP contribution >= 0.6 is 11.3 Å². The van der Waals surface area contributed by atoms with Gasteiger partial charge in [0.2, 0.25) is 0 Å². The van der Waals surface area contributed by atoms with E-state index in [1.165, 1.54) is 64.7 Å². The highest BCUT2D eigenvalue weighted by molar-refractivity contribution is 7.25. The second kappa shape index (κ2) is 14.7. The molecule has 1 aliphatic carbocycles. The second-order valence-electron chi connectivity index (χ2n) is 15.9. The largest absolute Gasteiger partial charge is 0.208 e. The molecular weight excluding hydrogens is 771 g/mol. The molecule has 3 nitrogen and oxygen atoms in total. The molecule has 9 aromatic carbocycles. The van der Waals surface area contributed by atoms with E-state index in [1.54, 1.807) is 0 Å². The van der Waals surface area contributed by atoms with Crippen LogP contribution in [0.1, 0.15) is 22.3 Å². The quantitative estimate of drug-likeness (QED) is 0.161. The smallest absolute Gasteiger partial charge is 0.164 e. The van der Waals surface area contributed by atoms with Gasteiger partial charge in [0.25, 0.3) is 0 Å². The van der Waals surface area contributed by atoms with Crippen molar-refractivity contribution in [2.24, 2.45) is 0 Å². The van der Waals surface area contributed by atoms with Crippen molar-refractivity contribution < 1.29 is 0 Å². The number of nitrogens with zero attached hydrogens (tertiary/aromatic N) is 3. The molecule has 0 fully saturated rings. The molecule has 0 radical (unpaired) electrons. The van der Waals surface area contributed by atoms with Crippen LogP contribution in [-0.2, 0) is 5.41 Å². The van der Waals surface area contributed by atoms with Crippen LogP contribution in [0.15, 0.2) is 224 Å². The summed E-state index contributed by atoms with van der Waals surface area (Å²) in [6, 6.07) is 80.7. The molecule has 0 amide bonds. The molecule has 2 aromatic heterocycles. The third kappa shape index (κ3) is 5.91. The molecule has 290 valence electrons. The Kier molecular flexibility index (Phi) is 8.58. The van der Waals surface area contributed by atoms with Crippen molar-refractivity contribution in [2.45, 2.75) is 5.41 Å². The first-order valence-electron chi connectivity index (χ1n) is 21.0.